The first-order chi connectivity index (χ1) is 15.1. The second kappa shape index (κ2) is 9.74. The van der Waals surface area contributed by atoms with Gasteiger partial charge in [-0.05, 0) is 42.8 Å². The Bertz CT molecular complexity index is 967. The van der Waals surface area contributed by atoms with Crippen LogP contribution in [0, 0.1) is 5.82 Å². The van der Waals surface area contributed by atoms with E-state index in [4.69, 9.17) is 9.47 Å². The molecular formula is C22H24F4N2O4. The number of benzene rings is 2. The average Bonchev–Trinajstić information content (AvgIpc) is 2.77. The fraction of sp³-hybridized carbons (Fsp3) is 0.409. The van der Waals surface area contributed by atoms with Gasteiger partial charge in [0.2, 0.25) is 0 Å². The van der Waals surface area contributed by atoms with Crippen LogP contribution < -0.4 is 15.0 Å². The van der Waals surface area contributed by atoms with Crippen LogP contribution in [0.1, 0.15) is 34.5 Å². The van der Waals surface area contributed by atoms with Crippen molar-refractivity contribution in [1.82, 2.24) is 5.32 Å². The number of halogens is 4. The van der Waals surface area contributed by atoms with Crippen molar-refractivity contribution in [2.24, 2.45) is 0 Å². The van der Waals surface area contributed by atoms with Crippen molar-refractivity contribution in [3.8, 4) is 5.75 Å². The summed E-state index contributed by atoms with van der Waals surface area (Å²) in [4.78, 5) is 13.2. The van der Waals surface area contributed by atoms with E-state index in [1.54, 1.807) is 17.0 Å². The maximum Gasteiger partial charge on any atom is 0.417 e. The summed E-state index contributed by atoms with van der Waals surface area (Å²) in [5, 5.41) is 12.5. The molecule has 2 atom stereocenters. The quantitative estimate of drug-likeness (QED) is 0.612. The van der Waals surface area contributed by atoms with Gasteiger partial charge in [-0.25, -0.2) is 9.18 Å². The molecule has 2 aromatic rings. The number of alkyl halides is 3. The van der Waals surface area contributed by atoms with Crippen LogP contribution in [0.15, 0.2) is 36.4 Å². The molecule has 10 heteroatoms. The fourth-order valence-corrected chi connectivity index (χ4v) is 3.60. The zero-order valence-corrected chi connectivity index (χ0v) is 17.6. The molecule has 1 aliphatic rings. The maximum atomic E-state index is 13.6. The number of hydrogen-bond acceptors (Lipinski definition) is 5. The number of morpholine rings is 1. The molecule has 0 saturated carbocycles. The summed E-state index contributed by atoms with van der Waals surface area (Å²) in [7, 11) is 1.39. The number of hydrogen-bond donors (Lipinski definition) is 2. The number of nitrogens with one attached hydrogen (secondary N) is 1. The highest BCUT2D eigenvalue weighted by molar-refractivity contribution is 5.91. The van der Waals surface area contributed by atoms with E-state index in [0.717, 1.165) is 17.7 Å². The summed E-state index contributed by atoms with van der Waals surface area (Å²) >= 11 is 0. The third-order valence-electron chi connectivity index (χ3n) is 5.37. The van der Waals surface area contributed by atoms with E-state index < -0.39 is 29.1 Å². The maximum absolute atomic E-state index is 13.6. The minimum atomic E-state index is -4.75. The minimum Gasteiger partial charge on any atom is -0.494 e. The average molecular weight is 456 g/mol. The van der Waals surface area contributed by atoms with E-state index in [1.165, 1.54) is 19.2 Å². The largest absolute Gasteiger partial charge is 0.494 e. The van der Waals surface area contributed by atoms with Crippen molar-refractivity contribution in [1.29, 1.82) is 0 Å². The zero-order chi connectivity index (χ0) is 23.5. The standard InChI is InChI=1S/C22H24F4N2O4/c1-13(14-3-6-19(23)20(9-14)31-2)27-11-16-12-28(7-8-32-16)15-4-5-18(22(24,25)26)17(10-15)21(29)30/h3-6,9-10,13,16,27H,7-8,11-12H2,1-2H3,(H,29,30)/t13-,16?/m1/s1. The van der Waals surface area contributed by atoms with Gasteiger partial charge in [-0.15, -0.1) is 0 Å². The first kappa shape index (κ1) is 23.8. The highest BCUT2D eigenvalue weighted by Crippen LogP contribution is 2.34. The number of carboxylic acids is 1. The lowest BCUT2D eigenvalue weighted by Gasteiger charge is -2.35. The van der Waals surface area contributed by atoms with Crippen LogP contribution in [0.25, 0.3) is 0 Å². The Morgan fingerprint density at radius 1 is 1.31 bits per heavy atom. The number of carboxylic acid groups (broad SMARTS) is 1. The number of carbonyl (C=O) groups is 1. The van der Waals surface area contributed by atoms with E-state index in [-0.39, 0.29) is 17.9 Å². The first-order valence-corrected chi connectivity index (χ1v) is 9.98. The molecule has 174 valence electrons. The SMILES string of the molecule is COc1cc([C@@H](C)NCC2CN(c3ccc(C(F)(F)F)c(C(=O)O)c3)CCO2)ccc1F. The summed E-state index contributed by atoms with van der Waals surface area (Å²) < 4.78 is 63.7. The van der Waals surface area contributed by atoms with E-state index in [0.29, 0.717) is 31.9 Å². The van der Waals surface area contributed by atoms with E-state index in [2.05, 4.69) is 5.32 Å². The van der Waals surface area contributed by atoms with Gasteiger partial charge in [0.05, 0.1) is 30.9 Å². The summed E-state index contributed by atoms with van der Waals surface area (Å²) in [5.41, 5.74) is -0.747. The number of rotatable bonds is 7. The van der Waals surface area contributed by atoms with Crippen molar-refractivity contribution in [2.75, 3.05) is 38.3 Å². The number of anilines is 1. The van der Waals surface area contributed by atoms with Gasteiger partial charge in [-0.2, -0.15) is 13.2 Å². The van der Waals surface area contributed by atoms with Crippen LogP contribution in [-0.2, 0) is 10.9 Å². The molecule has 0 spiro atoms. The molecule has 0 amide bonds. The number of methoxy groups -OCH3 is 1. The molecule has 1 saturated heterocycles. The Kier molecular flexibility index (Phi) is 7.25. The Morgan fingerprint density at radius 2 is 2.06 bits per heavy atom. The van der Waals surface area contributed by atoms with Gasteiger partial charge in [0.15, 0.2) is 11.6 Å². The molecule has 6 nitrogen and oxygen atoms in total. The predicted molar refractivity (Wildman–Crippen MR) is 110 cm³/mol. The molecule has 1 heterocycles. The monoisotopic (exact) mass is 456 g/mol. The van der Waals surface area contributed by atoms with Crippen LogP contribution in [0.3, 0.4) is 0 Å². The van der Waals surface area contributed by atoms with Gasteiger partial charge in [0, 0.05) is 31.4 Å². The molecule has 0 aliphatic carbocycles. The van der Waals surface area contributed by atoms with Crippen LogP contribution in [0.4, 0.5) is 23.2 Å². The van der Waals surface area contributed by atoms with Crippen molar-refractivity contribution >= 4 is 11.7 Å². The molecule has 32 heavy (non-hydrogen) atoms. The van der Waals surface area contributed by atoms with Gasteiger partial charge in [0.1, 0.15) is 0 Å². The van der Waals surface area contributed by atoms with Gasteiger partial charge in [-0.1, -0.05) is 6.07 Å². The predicted octanol–water partition coefficient (Wildman–Crippen LogP) is 4.11. The van der Waals surface area contributed by atoms with Crippen molar-refractivity contribution in [2.45, 2.75) is 25.2 Å². The molecule has 0 aromatic heterocycles. The minimum absolute atomic E-state index is 0.131. The zero-order valence-electron chi connectivity index (χ0n) is 17.6. The van der Waals surface area contributed by atoms with Crippen LogP contribution in [0.2, 0.25) is 0 Å². The van der Waals surface area contributed by atoms with E-state index >= 15 is 0 Å². The Morgan fingerprint density at radius 3 is 2.72 bits per heavy atom. The van der Waals surface area contributed by atoms with Crippen LogP contribution in [0.5, 0.6) is 5.75 Å². The van der Waals surface area contributed by atoms with Crippen LogP contribution in [-0.4, -0.2) is 50.5 Å². The lowest BCUT2D eigenvalue weighted by atomic mass is 10.0. The summed E-state index contributed by atoms with van der Waals surface area (Å²) in [5.74, 6) is -1.94. The van der Waals surface area contributed by atoms with Gasteiger partial charge in [-0.3, -0.25) is 0 Å². The van der Waals surface area contributed by atoms with E-state index in [9.17, 15) is 27.5 Å². The topological polar surface area (TPSA) is 71.0 Å². The molecule has 1 unspecified atom stereocenters. The molecule has 1 fully saturated rings. The Labute approximate surface area is 182 Å². The molecule has 0 radical (unpaired) electrons. The second-order valence-corrected chi connectivity index (χ2v) is 7.50. The second-order valence-electron chi connectivity index (χ2n) is 7.50. The molecule has 2 N–H and O–H groups in total. The van der Waals surface area contributed by atoms with Gasteiger partial charge < -0.3 is 24.8 Å². The molecule has 1 aliphatic heterocycles. The van der Waals surface area contributed by atoms with Crippen molar-refractivity contribution in [3.05, 3.63) is 58.9 Å². The van der Waals surface area contributed by atoms with Gasteiger partial charge in [0.25, 0.3) is 0 Å². The fourth-order valence-electron chi connectivity index (χ4n) is 3.60. The summed E-state index contributed by atoms with van der Waals surface area (Å²) in [6.07, 6.45) is -5.02. The van der Waals surface area contributed by atoms with Crippen molar-refractivity contribution in [3.63, 3.8) is 0 Å². The summed E-state index contributed by atoms with van der Waals surface area (Å²) in [6, 6.07) is 7.58. The third-order valence-corrected chi connectivity index (χ3v) is 5.37. The van der Waals surface area contributed by atoms with Gasteiger partial charge >= 0.3 is 12.1 Å². The molecule has 0 bridgehead atoms. The normalized spacial score (nSPS) is 17.8. The lowest BCUT2D eigenvalue weighted by molar-refractivity contribution is -0.138. The highest BCUT2D eigenvalue weighted by Gasteiger charge is 2.36. The van der Waals surface area contributed by atoms with E-state index in [1.807, 2.05) is 6.92 Å². The third kappa shape index (κ3) is 5.49. The Balaban J connectivity index is 1.67. The van der Waals surface area contributed by atoms with Crippen LogP contribution >= 0.6 is 0 Å². The first-order valence-electron chi connectivity index (χ1n) is 9.98. The smallest absolute Gasteiger partial charge is 0.417 e. The molecule has 2 aromatic carbocycles. The Hall–Kier alpha value is -2.85. The molecular weight excluding hydrogens is 432 g/mol. The number of nitrogens with zero attached hydrogens (tertiary/aromatic N) is 1. The number of ether oxygens (including phenoxy) is 2. The number of aromatic carboxylic acids is 1. The van der Waals surface area contributed by atoms with Crippen molar-refractivity contribution < 1.29 is 36.9 Å². The lowest BCUT2D eigenvalue weighted by Crippen LogP contribution is -2.47. The summed E-state index contributed by atoms with van der Waals surface area (Å²) in [6.45, 7) is 3.48. The highest BCUT2D eigenvalue weighted by atomic mass is 19.4. The molecule has 3 rings (SSSR count).